The van der Waals surface area contributed by atoms with E-state index < -0.39 is 32.1 Å². The number of benzene rings is 1. The summed E-state index contributed by atoms with van der Waals surface area (Å²) in [5.74, 6) is 0. The Kier molecular flexibility index (Phi) is 4.32. The highest BCUT2D eigenvalue weighted by atomic mass is 32.2. The monoisotopic (exact) mass is 346 g/mol. The number of nitro groups is 1. The molecule has 0 spiro atoms. The van der Waals surface area contributed by atoms with Crippen LogP contribution in [0.3, 0.4) is 0 Å². The van der Waals surface area contributed by atoms with E-state index in [9.17, 15) is 27.3 Å². The molecule has 0 aliphatic carbocycles. The predicted molar refractivity (Wildman–Crippen MR) is 76.9 cm³/mol. The van der Waals surface area contributed by atoms with Crippen LogP contribution in [0.25, 0.3) is 0 Å². The van der Waals surface area contributed by atoms with Crippen LogP contribution in [0.15, 0.2) is 29.2 Å². The molecule has 0 bridgehead atoms. The Morgan fingerprint density at radius 3 is 2.43 bits per heavy atom. The minimum atomic E-state index is -4.34. The lowest BCUT2D eigenvalue weighted by Crippen LogP contribution is -2.16. The van der Waals surface area contributed by atoms with Crippen LogP contribution in [-0.4, -0.2) is 23.1 Å². The molecule has 8 nitrogen and oxygen atoms in total. The molecule has 1 aromatic heterocycles. The van der Waals surface area contributed by atoms with E-state index in [4.69, 9.17) is 0 Å². The smallest absolute Gasteiger partial charge is 0.276 e. The average Bonchev–Trinajstić information content (AvgIpc) is 2.75. The zero-order valence-corrected chi connectivity index (χ0v) is 12.8. The van der Waals surface area contributed by atoms with Crippen molar-refractivity contribution in [1.82, 2.24) is 9.78 Å². The van der Waals surface area contributed by atoms with Gasteiger partial charge in [-0.25, -0.2) is 13.1 Å². The fourth-order valence-corrected chi connectivity index (χ4v) is 3.37. The topological polar surface area (TPSA) is 107 Å². The molecule has 124 valence electrons. The first-order valence-corrected chi connectivity index (χ1v) is 7.73. The van der Waals surface area contributed by atoms with Crippen molar-refractivity contribution in [1.29, 1.82) is 0 Å². The first-order valence-electron chi connectivity index (χ1n) is 6.25. The first kappa shape index (κ1) is 16.8. The van der Waals surface area contributed by atoms with Crippen molar-refractivity contribution in [3.05, 3.63) is 45.8 Å². The van der Waals surface area contributed by atoms with Gasteiger partial charge in [0.25, 0.3) is 15.7 Å². The number of aromatic nitrogens is 2. The van der Waals surface area contributed by atoms with Gasteiger partial charge in [0.15, 0.2) is 4.90 Å². The van der Waals surface area contributed by atoms with Gasteiger partial charge in [0, 0.05) is 6.07 Å². The van der Waals surface area contributed by atoms with Gasteiger partial charge in [-0.2, -0.15) is 13.9 Å². The second kappa shape index (κ2) is 5.91. The Balaban J connectivity index is 2.50. The van der Waals surface area contributed by atoms with Crippen LogP contribution in [0.4, 0.5) is 20.2 Å². The molecule has 0 atom stereocenters. The summed E-state index contributed by atoms with van der Waals surface area (Å²) in [6.07, 6.45) is 0. The number of hydrogen-bond donors (Lipinski definition) is 1. The van der Waals surface area contributed by atoms with Gasteiger partial charge in [-0.05, 0) is 19.9 Å². The highest BCUT2D eigenvalue weighted by Gasteiger charge is 2.28. The molecule has 2 rings (SSSR count). The fraction of sp³-hybridized carbons (Fsp3) is 0.250. The van der Waals surface area contributed by atoms with Gasteiger partial charge < -0.3 is 0 Å². The molecule has 0 unspecified atom stereocenters. The Hall–Kier alpha value is -2.56. The maximum Gasteiger partial charge on any atom is 0.333 e. The molecule has 0 aliphatic rings. The quantitative estimate of drug-likeness (QED) is 0.661. The molecule has 2 aromatic rings. The van der Waals surface area contributed by atoms with E-state index in [0.717, 1.165) is 12.1 Å². The van der Waals surface area contributed by atoms with Crippen molar-refractivity contribution in [2.24, 2.45) is 0 Å². The second-order valence-electron chi connectivity index (χ2n) is 4.60. The molecule has 0 radical (unpaired) electrons. The van der Waals surface area contributed by atoms with E-state index in [1.807, 2.05) is 0 Å². The van der Waals surface area contributed by atoms with Crippen LogP contribution < -0.4 is 4.72 Å². The number of hydrogen-bond acceptors (Lipinski definition) is 5. The van der Waals surface area contributed by atoms with E-state index in [2.05, 4.69) is 9.82 Å². The molecule has 1 heterocycles. The number of sulfonamides is 1. The summed E-state index contributed by atoms with van der Waals surface area (Å²) in [6.45, 7) is -0.315. The molecule has 1 N–H and O–H groups in total. The fourth-order valence-electron chi connectivity index (χ4n) is 2.03. The minimum Gasteiger partial charge on any atom is -0.276 e. The summed E-state index contributed by atoms with van der Waals surface area (Å²) in [4.78, 5) is 9.55. The number of alkyl halides is 2. The number of nitro benzene ring substituents is 1. The Bertz CT molecular complexity index is 864. The molecule has 1 aromatic carbocycles. The molecule has 0 fully saturated rings. The van der Waals surface area contributed by atoms with Gasteiger partial charge >= 0.3 is 6.55 Å². The van der Waals surface area contributed by atoms with Crippen molar-refractivity contribution in [2.75, 3.05) is 4.72 Å². The van der Waals surface area contributed by atoms with Gasteiger partial charge in [0.05, 0.1) is 22.0 Å². The SMILES string of the molecule is Cc1nn(C(F)F)c(C)c1NS(=O)(=O)c1ccccc1[N+](=O)[O-]. The van der Waals surface area contributed by atoms with Crippen LogP contribution in [0.5, 0.6) is 0 Å². The van der Waals surface area contributed by atoms with Gasteiger partial charge in [-0.15, -0.1) is 0 Å². The molecule has 23 heavy (non-hydrogen) atoms. The lowest BCUT2D eigenvalue weighted by molar-refractivity contribution is -0.387. The average molecular weight is 346 g/mol. The predicted octanol–water partition coefficient (Wildman–Crippen LogP) is 2.60. The normalized spacial score (nSPS) is 11.7. The van der Waals surface area contributed by atoms with Crippen LogP contribution in [0.1, 0.15) is 17.9 Å². The molecular formula is C12H12F2N4O4S. The number of para-hydroxylation sites is 1. The van der Waals surface area contributed by atoms with Crippen molar-refractivity contribution in [2.45, 2.75) is 25.3 Å². The second-order valence-corrected chi connectivity index (χ2v) is 6.25. The third kappa shape index (κ3) is 3.13. The largest absolute Gasteiger partial charge is 0.333 e. The summed E-state index contributed by atoms with van der Waals surface area (Å²) >= 11 is 0. The molecule has 0 aliphatic heterocycles. The Morgan fingerprint density at radius 2 is 1.91 bits per heavy atom. The third-order valence-electron chi connectivity index (χ3n) is 3.10. The van der Waals surface area contributed by atoms with E-state index in [1.54, 1.807) is 0 Å². The van der Waals surface area contributed by atoms with Crippen molar-refractivity contribution < 1.29 is 22.1 Å². The number of anilines is 1. The molecule has 0 saturated carbocycles. The summed E-state index contributed by atoms with van der Waals surface area (Å²) in [6, 6.07) is 4.74. The standard InChI is InChI=1S/C12H12F2N4O4S/c1-7-11(8(2)17(15-7)12(13)14)16-23(21,22)10-6-4-3-5-9(10)18(19)20/h3-6,12,16H,1-2H3. The van der Waals surface area contributed by atoms with E-state index in [0.29, 0.717) is 4.68 Å². The van der Waals surface area contributed by atoms with Gasteiger partial charge in [0.1, 0.15) is 0 Å². The Morgan fingerprint density at radius 1 is 1.30 bits per heavy atom. The number of halogens is 2. The Labute approximate surface area is 129 Å². The number of aryl methyl sites for hydroxylation is 1. The zero-order chi connectivity index (χ0) is 17.4. The zero-order valence-electron chi connectivity index (χ0n) is 12.0. The maximum absolute atomic E-state index is 12.8. The summed E-state index contributed by atoms with van der Waals surface area (Å²) in [5.41, 5.74) is -0.815. The van der Waals surface area contributed by atoms with Gasteiger partial charge in [-0.1, -0.05) is 12.1 Å². The van der Waals surface area contributed by atoms with Crippen molar-refractivity contribution in [3.63, 3.8) is 0 Å². The third-order valence-corrected chi connectivity index (χ3v) is 4.49. The van der Waals surface area contributed by atoms with E-state index >= 15 is 0 Å². The summed E-state index contributed by atoms with van der Waals surface area (Å²) < 4.78 is 52.8. The number of rotatable bonds is 5. The van der Waals surface area contributed by atoms with Crippen LogP contribution in [0.2, 0.25) is 0 Å². The van der Waals surface area contributed by atoms with Crippen LogP contribution >= 0.6 is 0 Å². The lowest BCUT2D eigenvalue weighted by Gasteiger charge is -2.09. The van der Waals surface area contributed by atoms with Crippen molar-refractivity contribution in [3.8, 4) is 0 Å². The molecule has 0 saturated heterocycles. The van der Waals surface area contributed by atoms with Gasteiger partial charge in [-0.3, -0.25) is 14.8 Å². The van der Waals surface area contributed by atoms with E-state index in [-0.39, 0.29) is 17.1 Å². The maximum atomic E-state index is 12.8. The summed E-state index contributed by atoms with van der Waals surface area (Å²) in [7, 11) is -4.34. The van der Waals surface area contributed by atoms with Crippen molar-refractivity contribution >= 4 is 21.4 Å². The van der Waals surface area contributed by atoms with Crippen LogP contribution in [0, 0.1) is 24.0 Å². The molecule has 11 heteroatoms. The van der Waals surface area contributed by atoms with E-state index in [1.165, 1.54) is 26.0 Å². The van der Waals surface area contributed by atoms with Gasteiger partial charge in [0.2, 0.25) is 0 Å². The lowest BCUT2D eigenvalue weighted by atomic mass is 10.3. The first-order chi connectivity index (χ1) is 10.6. The summed E-state index contributed by atoms with van der Waals surface area (Å²) in [5, 5.41) is 14.5. The highest BCUT2D eigenvalue weighted by Crippen LogP contribution is 2.29. The highest BCUT2D eigenvalue weighted by molar-refractivity contribution is 7.92. The molecule has 0 amide bonds. The molecular weight excluding hydrogens is 334 g/mol. The number of nitrogens with zero attached hydrogens (tertiary/aromatic N) is 3. The number of nitrogens with one attached hydrogen (secondary N) is 1. The minimum absolute atomic E-state index is 0.0324. The van der Waals surface area contributed by atoms with Crippen LogP contribution in [-0.2, 0) is 10.0 Å².